The van der Waals surface area contributed by atoms with Crippen molar-refractivity contribution in [2.24, 2.45) is 7.05 Å². The molecule has 1 heterocycles. The van der Waals surface area contributed by atoms with E-state index in [-0.39, 0.29) is 5.92 Å². The summed E-state index contributed by atoms with van der Waals surface area (Å²) in [6.45, 7) is 4.11. The molecule has 0 aliphatic carbocycles. The van der Waals surface area contributed by atoms with E-state index in [1.807, 2.05) is 20.0 Å². The summed E-state index contributed by atoms with van der Waals surface area (Å²) in [5.74, 6) is 0.846. The number of hydrogen-bond donors (Lipinski definition) is 0. The Hall–Kier alpha value is -0.990. The van der Waals surface area contributed by atoms with Crippen molar-refractivity contribution in [2.75, 3.05) is 5.88 Å². The molecule has 0 amide bonds. The Balaban J connectivity index is 2.32. The minimum atomic E-state index is 0.267. The van der Waals surface area contributed by atoms with Crippen molar-refractivity contribution in [3.63, 3.8) is 0 Å². The lowest BCUT2D eigenvalue weighted by atomic mass is 9.91. The van der Waals surface area contributed by atoms with Crippen LogP contribution in [0.15, 0.2) is 24.3 Å². The van der Waals surface area contributed by atoms with Gasteiger partial charge >= 0.3 is 0 Å². The number of aryl methyl sites for hydroxylation is 3. The largest absolute Gasteiger partial charge is 0.257 e. The summed E-state index contributed by atoms with van der Waals surface area (Å²) in [4.78, 5) is 0. The molecule has 4 heteroatoms. The summed E-state index contributed by atoms with van der Waals surface area (Å²) in [6.07, 6.45) is 0.826. The zero-order valence-corrected chi connectivity index (χ0v) is 13.0. The van der Waals surface area contributed by atoms with E-state index in [4.69, 9.17) is 23.2 Å². The van der Waals surface area contributed by atoms with Crippen molar-refractivity contribution in [1.29, 1.82) is 0 Å². The van der Waals surface area contributed by atoms with Crippen LogP contribution in [0.4, 0.5) is 0 Å². The molecule has 1 atom stereocenters. The highest BCUT2D eigenvalue weighted by Crippen LogP contribution is 2.29. The molecule has 0 saturated heterocycles. The Morgan fingerprint density at radius 2 is 1.95 bits per heavy atom. The highest BCUT2D eigenvalue weighted by atomic mass is 35.5. The standard InChI is InChI=1S/C15H18Cl2N2/c1-10-6-4-5-7-13(10)12(9-16)8-14-11(2)18-19(3)15(14)17/h4-7,12H,8-9H2,1-3H3. The zero-order valence-electron chi connectivity index (χ0n) is 11.5. The van der Waals surface area contributed by atoms with E-state index in [9.17, 15) is 0 Å². The first-order valence-corrected chi connectivity index (χ1v) is 7.25. The average molecular weight is 297 g/mol. The highest BCUT2D eigenvalue weighted by molar-refractivity contribution is 6.30. The van der Waals surface area contributed by atoms with Crippen molar-refractivity contribution in [3.05, 3.63) is 51.8 Å². The lowest BCUT2D eigenvalue weighted by Gasteiger charge is -2.16. The van der Waals surface area contributed by atoms with E-state index in [0.29, 0.717) is 11.0 Å². The molecule has 0 N–H and O–H groups in total. The van der Waals surface area contributed by atoms with Gasteiger partial charge in [0.25, 0.3) is 0 Å². The maximum Gasteiger partial charge on any atom is 0.130 e. The molecule has 2 aromatic rings. The van der Waals surface area contributed by atoms with E-state index >= 15 is 0 Å². The van der Waals surface area contributed by atoms with E-state index in [1.165, 1.54) is 11.1 Å². The quantitative estimate of drug-likeness (QED) is 0.771. The van der Waals surface area contributed by atoms with Crippen molar-refractivity contribution < 1.29 is 0 Å². The van der Waals surface area contributed by atoms with Crippen LogP contribution in [-0.2, 0) is 13.5 Å². The van der Waals surface area contributed by atoms with Crippen LogP contribution in [0.25, 0.3) is 0 Å². The van der Waals surface area contributed by atoms with Crippen LogP contribution in [0.5, 0.6) is 0 Å². The van der Waals surface area contributed by atoms with Gasteiger partial charge in [0.1, 0.15) is 5.15 Å². The van der Waals surface area contributed by atoms with E-state index in [0.717, 1.165) is 17.7 Å². The van der Waals surface area contributed by atoms with Gasteiger partial charge in [-0.15, -0.1) is 11.6 Å². The molecule has 0 bridgehead atoms. The summed E-state index contributed by atoms with van der Waals surface area (Å²) < 4.78 is 1.72. The predicted octanol–water partition coefficient (Wildman–Crippen LogP) is 4.26. The molecule has 2 rings (SSSR count). The third-order valence-corrected chi connectivity index (χ3v) is 4.38. The predicted molar refractivity (Wildman–Crippen MR) is 81.3 cm³/mol. The van der Waals surface area contributed by atoms with Gasteiger partial charge in [-0.2, -0.15) is 5.10 Å². The Morgan fingerprint density at radius 1 is 1.26 bits per heavy atom. The summed E-state index contributed by atoms with van der Waals surface area (Å²) in [7, 11) is 1.86. The molecular weight excluding hydrogens is 279 g/mol. The van der Waals surface area contributed by atoms with Gasteiger partial charge in [0.15, 0.2) is 0 Å². The number of nitrogens with zero attached hydrogens (tertiary/aromatic N) is 2. The smallest absolute Gasteiger partial charge is 0.130 e. The minimum absolute atomic E-state index is 0.267. The molecule has 0 spiro atoms. The average Bonchev–Trinajstić information content (AvgIpc) is 2.63. The Kier molecular flexibility index (Phi) is 4.54. The molecule has 0 fully saturated rings. The van der Waals surface area contributed by atoms with Gasteiger partial charge in [0.05, 0.1) is 5.69 Å². The third-order valence-electron chi connectivity index (χ3n) is 3.53. The van der Waals surface area contributed by atoms with Gasteiger partial charge in [0.2, 0.25) is 0 Å². The van der Waals surface area contributed by atoms with Crippen LogP contribution in [0.3, 0.4) is 0 Å². The number of halogens is 2. The summed E-state index contributed by atoms with van der Waals surface area (Å²) in [6, 6.07) is 8.36. The van der Waals surface area contributed by atoms with Crippen LogP contribution in [0, 0.1) is 13.8 Å². The van der Waals surface area contributed by atoms with Crippen molar-refractivity contribution in [1.82, 2.24) is 9.78 Å². The fraction of sp³-hybridized carbons (Fsp3) is 0.400. The second-order valence-electron chi connectivity index (χ2n) is 4.89. The number of rotatable bonds is 4. The second-order valence-corrected chi connectivity index (χ2v) is 5.56. The molecule has 0 radical (unpaired) electrons. The number of aromatic nitrogens is 2. The van der Waals surface area contributed by atoms with Crippen LogP contribution in [-0.4, -0.2) is 15.7 Å². The fourth-order valence-corrected chi connectivity index (χ4v) is 2.97. The highest BCUT2D eigenvalue weighted by Gasteiger charge is 2.19. The molecule has 102 valence electrons. The van der Waals surface area contributed by atoms with Crippen LogP contribution < -0.4 is 0 Å². The molecule has 0 aliphatic rings. The van der Waals surface area contributed by atoms with E-state index in [1.54, 1.807) is 4.68 Å². The van der Waals surface area contributed by atoms with Crippen LogP contribution >= 0.6 is 23.2 Å². The lowest BCUT2D eigenvalue weighted by Crippen LogP contribution is -2.07. The van der Waals surface area contributed by atoms with E-state index < -0.39 is 0 Å². The first kappa shape index (κ1) is 14.4. The molecule has 1 aromatic carbocycles. The molecule has 1 aromatic heterocycles. The monoisotopic (exact) mass is 296 g/mol. The zero-order chi connectivity index (χ0) is 14.0. The first-order valence-electron chi connectivity index (χ1n) is 6.34. The summed E-state index contributed by atoms with van der Waals surface area (Å²) >= 11 is 12.5. The van der Waals surface area contributed by atoms with E-state index in [2.05, 4.69) is 30.2 Å². The van der Waals surface area contributed by atoms with Gasteiger partial charge in [-0.05, 0) is 31.4 Å². The molecule has 0 aliphatic heterocycles. The van der Waals surface area contributed by atoms with Crippen LogP contribution in [0.1, 0.15) is 28.3 Å². The molecule has 2 nitrogen and oxygen atoms in total. The topological polar surface area (TPSA) is 17.8 Å². The lowest BCUT2D eigenvalue weighted by molar-refractivity contribution is 0.751. The van der Waals surface area contributed by atoms with Gasteiger partial charge in [-0.3, -0.25) is 4.68 Å². The molecule has 1 unspecified atom stereocenters. The Labute approximate surface area is 124 Å². The number of benzene rings is 1. The van der Waals surface area contributed by atoms with Gasteiger partial charge in [0, 0.05) is 24.4 Å². The first-order chi connectivity index (χ1) is 9.04. The fourth-order valence-electron chi connectivity index (χ4n) is 2.44. The normalized spacial score (nSPS) is 12.7. The minimum Gasteiger partial charge on any atom is -0.257 e. The maximum atomic E-state index is 6.30. The Bertz CT molecular complexity index is 576. The van der Waals surface area contributed by atoms with Crippen LogP contribution in [0.2, 0.25) is 5.15 Å². The maximum absolute atomic E-state index is 6.30. The summed E-state index contributed by atoms with van der Waals surface area (Å²) in [5, 5.41) is 5.07. The number of alkyl halides is 1. The molecule has 0 saturated carbocycles. The number of hydrogen-bond acceptors (Lipinski definition) is 1. The SMILES string of the molecule is Cc1ccccc1C(CCl)Cc1c(C)nn(C)c1Cl. The van der Waals surface area contributed by atoms with Crippen molar-refractivity contribution in [3.8, 4) is 0 Å². The van der Waals surface area contributed by atoms with Crippen molar-refractivity contribution >= 4 is 23.2 Å². The summed E-state index contributed by atoms with van der Waals surface area (Å²) in [5.41, 5.74) is 4.64. The van der Waals surface area contributed by atoms with Gasteiger partial charge in [-0.1, -0.05) is 35.9 Å². The van der Waals surface area contributed by atoms with Gasteiger partial charge < -0.3 is 0 Å². The molecular formula is C15H18Cl2N2. The Morgan fingerprint density at radius 3 is 2.47 bits per heavy atom. The second kappa shape index (κ2) is 5.98. The third kappa shape index (κ3) is 2.96. The molecule has 19 heavy (non-hydrogen) atoms. The van der Waals surface area contributed by atoms with Crippen molar-refractivity contribution in [2.45, 2.75) is 26.2 Å². The van der Waals surface area contributed by atoms with Gasteiger partial charge in [-0.25, -0.2) is 0 Å².